The van der Waals surface area contributed by atoms with Gasteiger partial charge in [-0.25, -0.2) is 0 Å². The van der Waals surface area contributed by atoms with Crippen molar-refractivity contribution < 1.29 is 39.3 Å². The van der Waals surface area contributed by atoms with Gasteiger partial charge in [0.25, 0.3) is 0 Å². The fourth-order valence-corrected chi connectivity index (χ4v) is 1.63. The standard InChI is InChI=1S/C13H22N4O8/c1-6(13(24)25)15-11(22)7(2-3-10(20)21)17-12(23)8(5-18)16-9(19)4-14/h6-8,18H,2-5,14H2,1H3,(H,15,22)(H,16,19)(H,17,23)(H,20,21)(H,24,25). The van der Waals surface area contributed by atoms with Crippen LogP contribution in [0.4, 0.5) is 0 Å². The summed E-state index contributed by atoms with van der Waals surface area (Å²) in [6.45, 7) is -0.0203. The lowest BCUT2D eigenvalue weighted by Gasteiger charge is -2.22. The summed E-state index contributed by atoms with van der Waals surface area (Å²) in [4.78, 5) is 56.7. The van der Waals surface area contributed by atoms with Gasteiger partial charge in [0.15, 0.2) is 0 Å². The van der Waals surface area contributed by atoms with Crippen molar-refractivity contribution in [2.75, 3.05) is 13.2 Å². The molecule has 8 N–H and O–H groups in total. The molecular formula is C13H22N4O8. The molecule has 0 aliphatic rings. The van der Waals surface area contributed by atoms with E-state index in [2.05, 4.69) is 16.0 Å². The Bertz CT molecular complexity index is 524. The van der Waals surface area contributed by atoms with Crippen molar-refractivity contribution in [3.05, 3.63) is 0 Å². The largest absolute Gasteiger partial charge is 0.481 e. The maximum atomic E-state index is 12.0. The monoisotopic (exact) mass is 362 g/mol. The number of nitrogens with two attached hydrogens (primary N) is 1. The van der Waals surface area contributed by atoms with Gasteiger partial charge >= 0.3 is 11.9 Å². The lowest BCUT2D eigenvalue weighted by Crippen LogP contribution is -2.56. The average molecular weight is 362 g/mol. The van der Waals surface area contributed by atoms with Gasteiger partial charge in [-0.2, -0.15) is 0 Å². The van der Waals surface area contributed by atoms with Crippen molar-refractivity contribution in [1.29, 1.82) is 0 Å². The number of carboxylic acid groups (broad SMARTS) is 2. The van der Waals surface area contributed by atoms with E-state index in [1.165, 1.54) is 6.92 Å². The fourth-order valence-electron chi connectivity index (χ4n) is 1.63. The molecule has 0 saturated heterocycles. The molecule has 0 radical (unpaired) electrons. The predicted octanol–water partition coefficient (Wildman–Crippen LogP) is -3.64. The summed E-state index contributed by atoms with van der Waals surface area (Å²) in [5.74, 6) is -5.13. The zero-order valence-electron chi connectivity index (χ0n) is 13.5. The first kappa shape index (κ1) is 22.3. The first-order valence-electron chi connectivity index (χ1n) is 7.28. The van der Waals surface area contributed by atoms with Crippen LogP contribution in [0.2, 0.25) is 0 Å². The number of carbonyl (C=O) groups is 5. The van der Waals surface area contributed by atoms with E-state index in [1.807, 2.05) is 0 Å². The van der Waals surface area contributed by atoms with E-state index in [0.29, 0.717) is 0 Å². The Morgan fingerprint density at radius 2 is 1.52 bits per heavy atom. The average Bonchev–Trinajstić information content (AvgIpc) is 2.55. The molecular weight excluding hydrogens is 340 g/mol. The molecule has 3 amide bonds. The van der Waals surface area contributed by atoms with Crippen molar-refractivity contribution in [2.45, 2.75) is 37.9 Å². The number of rotatable bonds is 11. The van der Waals surface area contributed by atoms with Crippen molar-refractivity contribution in [1.82, 2.24) is 16.0 Å². The third kappa shape index (κ3) is 8.62. The van der Waals surface area contributed by atoms with E-state index in [9.17, 15) is 24.0 Å². The lowest BCUT2D eigenvalue weighted by molar-refractivity contribution is -0.142. The molecule has 3 unspecified atom stereocenters. The van der Waals surface area contributed by atoms with Crippen LogP contribution >= 0.6 is 0 Å². The number of amides is 3. The summed E-state index contributed by atoms with van der Waals surface area (Å²) in [7, 11) is 0. The van der Waals surface area contributed by atoms with Gasteiger partial charge in [-0.05, 0) is 13.3 Å². The molecule has 0 rings (SSSR count). The number of aliphatic hydroxyl groups is 1. The second-order valence-corrected chi connectivity index (χ2v) is 5.07. The van der Waals surface area contributed by atoms with Gasteiger partial charge in [0.2, 0.25) is 17.7 Å². The Kier molecular flexibility index (Phi) is 9.74. The first-order chi connectivity index (χ1) is 11.6. The molecule has 0 aromatic carbocycles. The van der Waals surface area contributed by atoms with Crippen molar-refractivity contribution in [3.8, 4) is 0 Å². The van der Waals surface area contributed by atoms with Crippen LogP contribution in [-0.2, 0) is 24.0 Å². The molecule has 0 bridgehead atoms. The molecule has 0 aromatic heterocycles. The highest BCUT2D eigenvalue weighted by molar-refractivity contribution is 5.93. The second kappa shape index (κ2) is 10.9. The van der Waals surface area contributed by atoms with Crippen molar-refractivity contribution in [3.63, 3.8) is 0 Å². The van der Waals surface area contributed by atoms with E-state index in [4.69, 9.17) is 21.1 Å². The highest BCUT2D eigenvalue weighted by Crippen LogP contribution is 2.00. The quantitative estimate of drug-likeness (QED) is 0.193. The molecule has 0 aliphatic heterocycles. The van der Waals surface area contributed by atoms with Gasteiger partial charge < -0.3 is 37.0 Å². The van der Waals surface area contributed by atoms with E-state index in [1.54, 1.807) is 0 Å². The summed E-state index contributed by atoms with van der Waals surface area (Å²) in [5.41, 5.74) is 5.08. The maximum Gasteiger partial charge on any atom is 0.325 e. The number of aliphatic carboxylic acids is 2. The highest BCUT2D eigenvalue weighted by Gasteiger charge is 2.28. The molecule has 0 fully saturated rings. The van der Waals surface area contributed by atoms with Crippen LogP contribution in [0.25, 0.3) is 0 Å². The predicted molar refractivity (Wildman–Crippen MR) is 82.1 cm³/mol. The highest BCUT2D eigenvalue weighted by atomic mass is 16.4. The first-order valence-corrected chi connectivity index (χ1v) is 7.28. The SMILES string of the molecule is CC(NC(=O)C(CCC(=O)O)NC(=O)C(CO)NC(=O)CN)C(=O)O. The molecule has 0 saturated carbocycles. The molecule has 0 spiro atoms. The number of nitrogens with one attached hydrogen (secondary N) is 3. The molecule has 25 heavy (non-hydrogen) atoms. The Balaban J connectivity index is 5.04. The van der Waals surface area contributed by atoms with Gasteiger partial charge in [0.05, 0.1) is 13.2 Å². The van der Waals surface area contributed by atoms with E-state index in [-0.39, 0.29) is 6.42 Å². The van der Waals surface area contributed by atoms with Crippen LogP contribution in [-0.4, -0.2) is 76.3 Å². The summed E-state index contributed by atoms with van der Waals surface area (Å²) < 4.78 is 0. The Morgan fingerprint density at radius 3 is 1.96 bits per heavy atom. The summed E-state index contributed by atoms with van der Waals surface area (Å²) in [6.07, 6.45) is -0.791. The Hall–Kier alpha value is -2.73. The number of carboxylic acids is 2. The number of hydrogen-bond donors (Lipinski definition) is 7. The zero-order valence-corrected chi connectivity index (χ0v) is 13.5. The minimum atomic E-state index is -1.40. The molecule has 3 atom stereocenters. The van der Waals surface area contributed by atoms with E-state index in [0.717, 1.165) is 0 Å². The topological polar surface area (TPSA) is 208 Å². The fraction of sp³-hybridized carbons (Fsp3) is 0.615. The van der Waals surface area contributed by atoms with Gasteiger partial charge in [-0.1, -0.05) is 0 Å². The maximum absolute atomic E-state index is 12.0. The van der Waals surface area contributed by atoms with Gasteiger partial charge in [-0.15, -0.1) is 0 Å². The smallest absolute Gasteiger partial charge is 0.325 e. The normalized spacial score (nSPS) is 13.9. The minimum absolute atomic E-state index is 0.317. The minimum Gasteiger partial charge on any atom is -0.481 e. The third-order valence-corrected chi connectivity index (χ3v) is 3.03. The van der Waals surface area contributed by atoms with Gasteiger partial charge in [0, 0.05) is 6.42 Å². The van der Waals surface area contributed by atoms with E-state index >= 15 is 0 Å². The number of hydrogen-bond acceptors (Lipinski definition) is 7. The van der Waals surface area contributed by atoms with Crippen LogP contribution in [0.1, 0.15) is 19.8 Å². The van der Waals surface area contributed by atoms with Gasteiger partial charge in [-0.3, -0.25) is 24.0 Å². The number of aliphatic hydroxyl groups excluding tert-OH is 1. The third-order valence-electron chi connectivity index (χ3n) is 3.03. The lowest BCUT2D eigenvalue weighted by atomic mass is 10.1. The Labute approximate surface area is 142 Å². The molecule has 12 heteroatoms. The summed E-state index contributed by atoms with van der Waals surface area (Å²) in [6, 6.07) is -4.02. The van der Waals surface area contributed by atoms with Gasteiger partial charge in [0.1, 0.15) is 18.1 Å². The van der Waals surface area contributed by atoms with Crippen LogP contribution in [0, 0.1) is 0 Å². The van der Waals surface area contributed by atoms with E-state index < -0.39 is 67.4 Å². The summed E-state index contributed by atoms with van der Waals surface area (Å²) >= 11 is 0. The zero-order chi connectivity index (χ0) is 19.6. The van der Waals surface area contributed by atoms with Crippen LogP contribution in [0.15, 0.2) is 0 Å². The molecule has 142 valence electrons. The Morgan fingerprint density at radius 1 is 0.960 bits per heavy atom. The van der Waals surface area contributed by atoms with Crippen molar-refractivity contribution >= 4 is 29.7 Å². The molecule has 12 nitrogen and oxygen atoms in total. The number of carbonyl (C=O) groups excluding carboxylic acids is 3. The molecule has 0 aliphatic carbocycles. The van der Waals surface area contributed by atoms with Crippen LogP contribution < -0.4 is 21.7 Å². The second-order valence-electron chi connectivity index (χ2n) is 5.07. The molecule has 0 heterocycles. The van der Waals surface area contributed by atoms with Crippen LogP contribution in [0.3, 0.4) is 0 Å². The summed E-state index contributed by atoms with van der Waals surface area (Å²) in [5, 5.41) is 33.0. The molecule has 0 aromatic rings. The van der Waals surface area contributed by atoms with Crippen molar-refractivity contribution in [2.24, 2.45) is 5.73 Å². The van der Waals surface area contributed by atoms with Crippen LogP contribution in [0.5, 0.6) is 0 Å².